The lowest BCUT2D eigenvalue weighted by Crippen LogP contribution is -2.29. The lowest BCUT2D eigenvalue weighted by atomic mass is 10.2. The molecule has 4 heteroatoms. The fraction of sp³-hybridized carbons (Fsp3) is 0.333. The van der Waals surface area contributed by atoms with Gasteiger partial charge in [0.2, 0.25) is 0 Å². The first-order valence-electron chi connectivity index (χ1n) is 5.04. The van der Waals surface area contributed by atoms with Crippen molar-refractivity contribution in [3.63, 3.8) is 0 Å². The molecule has 0 bridgehead atoms. The van der Waals surface area contributed by atoms with Gasteiger partial charge >= 0.3 is 6.09 Å². The number of rotatable bonds is 2. The number of ether oxygens (including phenoxy) is 1. The second-order valence-electron chi connectivity index (χ2n) is 4.28. The Hall–Kier alpha value is -1.84. The Morgan fingerprint density at radius 3 is 2.50 bits per heavy atom. The molecule has 0 radical (unpaired) electrons. The fourth-order valence-electron chi connectivity index (χ4n) is 1.000. The van der Waals surface area contributed by atoms with Crippen molar-refractivity contribution in [1.82, 2.24) is 5.43 Å². The molecule has 0 aliphatic carbocycles. The van der Waals surface area contributed by atoms with Gasteiger partial charge < -0.3 is 4.74 Å². The summed E-state index contributed by atoms with van der Waals surface area (Å²) in [6, 6.07) is 9.49. The summed E-state index contributed by atoms with van der Waals surface area (Å²) in [5.41, 5.74) is 2.70. The summed E-state index contributed by atoms with van der Waals surface area (Å²) in [5.74, 6) is 0. The third-order valence-electron chi connectivity index (χ3n) is 1.57. The Bertz CT molecular complexity index is 366. The van der Waals surface area contributed by atoms with Crippen molar-refractivity contribution in [2.45, 2.75) is 26.4 Å². The minimum absolute atomic E-state index is 0.508. The van der Waals surface area contributed by atoms with Crippen LogP contribution in [0.1, 0.15) is 26.3 Å². The van der Waals surface area contributed by atoms with E-state index < -0.39 is 11.7 Å². The summed E-state index contributed by atoms with van der Waals surface area (Å²) in [5, 5.41) is 3.78. The van der Waals surface area contributed by atoms with Gasteiger partial charge in [-0.05, 0) is 26.3 Å². The Morgan fingerprint density at radius 2 is 1.94 bits per heavy atom. The number of carbonyl (C=O) groups is 1. The Balaban J connectivity index is 2.41. The van der Waals surface area contributed by atoms with E-state index in [1.54, 1.807) is 27.0 Å². The van der Waals surface area contributed by atoms with E-state index in [1.165, 1.54) is 0 Å². The molecule has 0 fully saturated rings. The predicted molar refractivity (Wildman–Crippen MR) is 63.4 cm³/mol. The number of amides is 1. The minimum atomic E-state index is -0.556. The van der Waals surface area contributed by atoms with Gasteiger partial charge in [-0.2, -0.15) is 5.10 Å². The molecule has 0 spiro atoms. The maximum atomic E-state index is 11.2. The molecule has 0 atom stereocenters. The molecule has 0 saturated carbocycles. The van der Waals surface area contributed by atoms with Crippen molar-refractivity contribution >= 4 is 12.3 Å². The zero-order valence-electron chi connectivity index (χ0n) is 9.73. The van der Waals surface area contributed by atoms with Gasteiger partial charge in [0.1, 0.15) is 5.60 Å². The van der Waals surface area contributed by atoms with Crippen molar-refractivity contribution in [1.29, 1.82) is 0 Å². The standard InChI is InChI=1S/C12H16N2O2/c1-12(2,3)16-11(15)14-13-9-10-7-5-4-6-8-10/h4-9H,1-3H3,(H,14,15)/b13-9+. The molecule has 1 aromatic carbocycles. The summed E-state index contributed by atoms with van der Waals surface area (Å²) < 4.78 is 5.01. The van der Waals surface area contributed by atoms with Crippen LogP contribution in [0.4, 0.5) is 4.79 Å². The van der Waals surface area contributed by atoms with Crippen LogP contribution in [0.2, 0.25) is 0 Å². The second kappa shape index (κ2) is 5.30. The van der Waals surface area contributed by atoms with E-state index in [9.17, 15) is 4.79 Å². The van der Waals surface area contributed by atoms with Crippen LogP contribution < -0.4 is 5.43 Å². The monoisotopic (exact) mass is 220 g/mol. The van der Waals surface area contributed by atoms with Crippen LogP contribution in [-0.2, 0) is 4.74 Å². The third-order valence-corrected chi connectivity index (χ3v) is 1.57. The average molecular weight is 220 g/mol. The van der Waals surface area contributed by atoms with Crippen LogP contribution in [0.25, 0.3) is 0 Å². The van der Waals surface area contributed by atoms with Gasteiger partial charge in [-0.25, -0.2) is 10.2 Å². The number of nitrogens with zero attached hydrogens (tertiary/aromatic N) is 1. The highest BCUT2D eigenvalue weighted by molar-refractivity contribution is 5.80. The normalized spacial score (nSPS) is 11.4. The summed E-state index contributed by atoms with van der Waals surface area (Å²) in [4.78, 5) is 11.2. The highest BCUT2D eigenvalue weighted by atomic mass is 16.6. The Kier molecular flexibility index (Phi) is 4.05. The molecule has 86 valence electrons. The smallest absolute Gasteiger partial charge is 0.428 e. The molecule has 16 heavy (non-hydrogen) atoms. The SMILES string of the molecule is CC(C)(C)OC(=O)N/N=C/c1ccccc1. The second-order valence-corrected chi connectivity index (χ2v) is 4.28. The molecule has 1 N–H and O–H groups in total. The molecule has 0 saturated heterocycles. The zero-order valence-corrected chi connectivity index (χ0v) is 9.73. The van der Waals surface area contributed by atoms with E-state index in [0.29, 0.717) is 0 Å². The van der Waals surface area contributed by atoms with Crippen molar-refractivity contribution in [2.24, 2.45) is 5.10 Å². The molecule has 0 aliphatic heterocycles. The van der Waals surface area contributed by atoms with Crippen molar-refractivity contribution in [3.05, 3.63) is 35.9 Å². The van der Waals surface area contributed by atoms with E-state index in [-0.39, 0.29) is 0 Å². The van der Waals surface area contributed by atoms with Crippen molar-refractivity contribution < 1.29 is 9.53 Å². The Morgan fingerprint density at radius 1 is 1.31 bits per heavy atom. The molecule has 1 rings (SSSR count). The van der Waals surface area contributed by atoms with E-state index in [1.807, 2.05) is 30.3 Å². The number of hydrazone groups is 1. The van der Waals surface area contributed by atoms with E-state index in [2.05, 4.69) is 10.5 Å². The van der Waals surface area contributed by atoms with E-state index >= 15 is 0 Å². The minimum Gasteiger partial charge on any atom is -0.443 e. The molecule has 0 unspecified atom stereocenters. The van der Waals surface area contributed by atoms with Crippen LogP contribution in [0.5, 0.6) is 0 Å². The largest absolute Gasteiger partial charge is 0.443 e. The van der Waals surface area contributed by atoms with E-state index in [0.717, 1.165) is 5.56 Å². The maximum absolute atomic E-state index is 11.2. The molecule has 0 heterocycles. The first-order valence-corrected chi connectivity index (χ1v) is 5.04. The first-order chi connectivity index (χ1) is 7.47. The maximum Gasteiger partial charge on any atom is 0.428 e. The summed E-state index contributed by atoms with van der Waals surface area (Å²) in [7, 11) is 0. The number of hydrogen-bond acceptors (Lipinski definition) is 3. The molecule has 1 aromatic rings. The number of nitrogens with one attached hydrogen (secondary N) is 1. The van der Waals surface area contributed by atoms with Gasteiger partial charge in [0, 0.05) is 0 Å². The van der Waals surface area contributed by atoms with Gasteiger partial charge in [-0.3, -0.25) is 0 Å². The quantitative estimate of drug-likeness (QED) is 0.615. The van der Waals surface area contributed by atoms with Crippen LogP contribution in [0.15, 0.2) is 35.4 Å². The summed E-state index contributed by atoms with van der Waals surface area (Å²) >= 11 is 0. The van der Waals surface area contributed by atoms with Gasteiger partial charge in [0.25, 0.3) is 0 Å². The lowest BCUT2D eigenvalue weighted by molar-refractivity contribution is 0.0529. The van der Waals surface area contributed by atoms with Gasteiger partial charge in [0.15, 0.2) is 0 Å². The fourth-order valence-corrected chi connectivity index (χ4v) is 1.000. The third kappa shape index (κ3) is 5.14. The van der Waals surface area contributed by atoms with Crippen LogP contribution in [-0.4, -0.2) is 17.9 Å². The molecule has 1 amide bonds. The van der Waals surface area contributed by atoms with Crippen molar-refractivity contribution in [2.75, 3.05) is 0 Å². The topological polar surface area (TPSA) is 50.7 Å². The highest BCUT2D eigenvalue weighted by Gasteiger charge is 2.15. The lowest BCUT2D eigenvalue weighted by Gasteiger charge is -2.18. The zero-order chi connectivity index (χ0) is 12.0. The number of benzene rings is 1. The number of hydrogen-bond donors (Lipinski definition) is 1. The van der Waals surface area contributed by atoms with Crippen LogP contribution in [0, 0.1) is 0 Å². The van der Waals surface area contributed by atoms with Gasteiger partial charge in [-0.15, -0.1) is 0 Å². The van der Waals surface area contributed by atoms with Crippen LogP contribution >= 0.6 is 0 Å². The van der Waals surface area contributed by atoms with Crippen molar-refractivity contribution in [3.8, 4) is 0 Å². The molecular formula is C12H16N2O2. The van der Waals surface area contributed by atoms with Gasteiger partial charge in [-0.1, -0.05) is 30.3 Å². The van der Waals surface area contributed by atoms with E-state index in [4.69, 9.17) is 4.74 Å². The Labute approximate surface area is 95.3 Å². The average Bonchev–Trinajstić information content (AvgIpc) is 2.16. The highest BCUT2D eigenvalue weighted by Crippen LogP contribution is 2.06. The molecule has 4 nitrogen and oxygen atoms in total. The van der Waals surface area contributed by atoms with Gasteiger partial charge in [0.05, 0.1) is 6.21 Å². The predicted octanol–water partition coefficient (Wildman–Crippen LogP) is 2.55. The molecule has 0 aromatic heterocycles. The molecule has 0 aliphatic rings. The number of carbonyl (C=O) groups excluding carboxylic acids is 1. The van der Waals surface area contributed by atoms with Crippen LogP contribution in [0.3, 0.4) is 0 Å². The molecular weight excluding hydrogens is 204 g/mol. The summed E-state index contributed by atoms with van der Waals surface area (Å²) in [6.45, 7) is 5.40. The summed E-state index contributed by atoms with van der Waals surface area (Å²) in [6.07, 6.45) is 1.00. The first kappa shape index (κ1) is 12.2.